The number of halogens is 2. The molecule has 7 nitrogen and oxygen atoms in total. The van der Waals surface area contributed by atoms with Crippen molar-refractivity contribution in [1.29, 1.82) is 0 Å². The first-order valence-corrected chi connectivity index (χ1v) is 11.3. The van der Waals surface area contributed by atoms with Gasteiger partial charge in [-0.25, -0.2) is 4.39 Å². The minimum Gasteiger partial charge on any atom is -0.342 e. The monoisotopic (exact) mass is 505 g/mol. The Kier molecular flexibility index (Phi) is 7.80. The lowest BCUT2D eigenvalue weighted by molar-refractivity contribution is -0.113. The molecular formula is C21H21BrFN5O2S. The molecule has 0 bridgehead atoms. The Balaban J connectivity index is 1.61. The summed E-state index contributed by atoms with van der Waals surface area (Å²) in [5.74, 6) is -0.141. The van der Waals surface area contributed by atoms with E-state index in [1.165, 1.54) is 36.0 Å². The summed E-state index contributed by atoms with van der Waals surface area (Å²) in [6, 6.07) is 12.2. The smallest absolute Gasteiger partial charge is 0.251 e. The summed E-state index contributed by atoms with van der Waals surface area (Å²) in [5, 5.41) is 14.6. The molecule has 31 heavy (non-hydrogen) atoms. The van der Waals surface area contributed by atoms with Crippen molar-refractivity contribution in [3.8, 4) is 0 Å². The van der Waals surface area contributed by atoms with Crippen LogP contribution in [0.5, 0.6) is 0 Å². The molecule has 3 rings (SSSR count). The van der Waals surface area contributed by atoms with Gasteiger partial charge in [0.1, 0.15) is 5.82 Å². The highest BCUT2D eigenvalue weighted by atomic mass is 79.9. The fourth-order valence-corrected chi connectivity index (χ4v) is 3.90. The van der Waals surface area contributed by atoms with E-state index < -0.39 is 11.9 Å². The molecule has 2 amide bonds. The van der Waals surface area contributed by atoms with Gasteiger partial charge in [-0.2, -0.15) is 0 Å². The van der Waals surface area contributed by atoms with Crippen LogP contribution in [0, 0.1) is 5.82 Å². The highest BCUT2D eigenvalue weighted by molar-refractivity contribution is 9.10. The molecule has 0 unspecified atom stereocenters. The Morgan fingerprint density at radius 2 is 1.81 bits per heavy atom. The Morgan fingerprint density at radius 3 is 2.45 bits per heavy atom. The van der Waals surface area contributed by atoms with Crippen molar-refractivity contribution in [2.24, 2.45) is 0 Å². The fourth-order valence-electron chi connectivity index (χ4n) is 2.83. The molecule has 1 atom stereocenters. The van der Waals surface area contributed by atoms with E-state index in [9.17, 15) is 14.0 Å². The maximum atomic E-state index is 13.1. The second kappa shape index (κ2) is 10.5. The molecular weight excluding hydrogens is 485 g/mol. The first kappa shape index (κ1) is 23.0. The largest absolute Gasteiger partial charge is 0.342 e. The standard InChI is InChI=1S/C21H21BrFN5O2S/c1-3-28-19(13(2)24-20(30)14-4-8-16(23)9-5-14)26-27-21(28)31-12-18(29)25-17-10-6-15(22)7-11-17/h4-11,13H,3,12H2,1-2H3,(H,24,30)(H,25,29)/t13-/m0/s1. The fraction of sp³-hybridized carbons (Fsp3) is 0.238. The van der Waals surface area contributed by atoms with Gasteiger partial charge in [-0.3, -0.25) is 9.59 Å². The van der Waals surface area contributed by atoms with Crippen LogP contribution in [0.1, 0.15) is 36.1 Å². The van der Waals surface area contributed by atoms with Gasteiger partial charge in [0, 0.05) is 22.3 Å². The quantitative estimate of drug-likeness (QED) is 0.442. The second-order valence-corrected chi connectivity index (χ2v) is 8.49. The van der Waals surface area contributed by atoms with Gasteiger partial charge >= 0.3 is 0 Å². The van der Waals surface area contributed by atoms with Crippen LogP contribution >= 0.6 is 27.7 Å². The number of nitrogens with one attached hydrogen (secondary N) is 2. The number of aromatic nitrogens is 3. The summed E-state index contributed by atoms with van der Waals surface area (Å²) in [6.07, 6.45) is 0. The molecule has 0 fully saturated rings. The van der Waals surface area contributed by atoms with E-state index in [1.54, 1.807) is 6.92 Å². The van der Waals surface area contributed by atoms with Crippen LogP contribution in [-0.2, 0) is 11.3 Å². The van der Waals surface area contributed by atoms with E-state index in [1.807, 2.05) is 35.8 Å². The molecule has 1 heterocycles. The molecule has 0 radical (unpaired) electrons. The summed E-state index contributed by atoms with van der Waals surface area (Å²) in [4.78, 5) is 24.7. The average Bonchev–Trinajstić information content (AvgIpc) is 3.17. The molecule has 0 spiro atoms. The van der Waals surface area contributed by atoms with Gasteiger partial charge in [-0.05, 0) is 62.4 Å². The van der Waals surface area contributed by atoms with Crippen molar-refractivity contribution in [1.82, 2.24) is 20.1 Å². The Labute approximate surface area is 192 Å². The van der Waals surface area contributed by atoms with Crippen LogP contribution in [0.15, 0.2) is 58.2 Å². The SMILES string of the molecule is CCn1c(SCC(=O)Nc2ccc(Br)cc2)nnc1[C@H](C)NC(=O)c1ccc(F)cc1. The lowest BCUT2D eigenvalue weighted by atomic mass is 10.2. The third-order valence-corrected chi connectivity index (χ3v) is 5.86. The molecule has 0 aliphatic carbocycles. The number of carbonyl (C=O) groups excluding carboxylic acids is 2. The van der Waals surface area contributed by atoms with Crippen LogP contribution in [0.3, 0.4) is 0 Å². The number of benzene rings is 2. The molecule has 2 aromatic carbocycles. The van der Waals surface area contributed by atoms with Gasteiger partial charge < -0.3 is 15.2 Å². The third kappa shape index (κ3) is 6.14. The number of anilines is 1. The first-order valence-electron chi connectivity index (χ1n) is 9.55. The van der Waals surface area contributed by atoms with Gasteiger partial charge in [0.2, 0.25) is 5.91 Å². The summed E-state index contributed by atoms with van der Waals surface area (Å²) >= 11 is 4.63. The minimum absolute atomic E-state index is 0.155. The van der Waals surface area contributed by atoms with Gasteiger partial charge in [-0.15, -0.1) is 10.2 Å². The highest BCUT2D eigenvalue weighted by Gasteiger charge is 2.20. The number of hydrogen-bond donors (Lipinski definition) is 2. The zero-order valence-corrected chi connectivity index (χ0v) is 19.3. The number of amides is 2. The maximum Gasteiger partial charge on any atom is 0.251 e. The normalized spacial score (nSPS) is 11.7. The van der Waals surface area contributed by atoms with Crippen LogP contribution in [-0.4, -0.2) is 32.3 Å². The van der Waals surface area contributed by atoms with Crippen molar-refractivity contribution < 1.29 is 14.0 Å². The predicted octanol–water partition coefficient (Wildman–Crippen LogP) is 4.42. The van der Waals surface area contributed by atoms with Gasteiger partial charge in [0.25, 0.3) is 5.91 Å². The minimum atomic E-state index is -0.420. The number of thioether (sulfide) groups is 1. The number of rotatable bonds is 8. The molecule has 0 aliphatic heterocycles. The van der Waals surface area contributed by atoms with Crippen LogP contribution in [0.25, 0.3) is 0 Å². The topological polar surface area (TPSA) is 88.9 Å². The summed E-state index contributed by atoms with van der Waals surface area (Å²) in [6.45, 7) is 4.31. The zero-order chi connectivity index (χ0) is 22.4. The number of nitrogens with zero attached hydrogens (tertiary/aromatic N) is 3. The van der Waals surface area contributed by atoms with E-state index in [0.717, 1.165) is 4.47 Å². The van der Waals surface area contributed by atoms with E-state index in [0.29, 0.717) is 28.8 Å². The third-order valence-electron chi connectivity index (χ3n) is 4.36. The van der Waals surface area contributed by atoms with Gasteiger partial charge in [-0.1, -0.05) is 27.7 Å². The van der Waals surface area contributed by atoms with E-state index in [2.05, 4.69) is 36.8 Å². The number of hydrogen-bond acceptors (Lipinski definition) is 5. The van der Waals surface area contributed by atoms with Gasteiger partial charge in [0.05, 0.1) is 11.8 Å². The van der Waals surface area contributed by atoms with E-state index in [-0.39, 0.29) is 17.6 Å². The van der Waals surface area contributed by atoms with E-state index >= 15 is 0 Å². The maximum absolute atomic E-state index is 13.1. The molecule has 0 saturated carbocycles. The Morgan fingerprint density at radius 1 is 1.13 bits per heavy atom. The lowest BCUT2D eigenvalue weighted by Crippen LogP contribution is -2.28. The Bertz CT molecular complexity index is 1060. The number of carbonyl (C=O) groups is 2. The van der Waals surface area contributed by atoms with Crippen LogP contribution < -0.4 is 10.6 Å². The van der Waals surface area contributed by atoms with E-state index in [4.69, 9.17) is 0 Å². The summed E-state index contributed by atoms with van der Waals surface area (Å²) in [7, 11) is 0. The van der Waals surface area contributed by atoms with Crippen molar-refractivity contribution in [2.75, 3.05) is 11.1 Å². The van der Waals surface area contributed by atoms with Crippen molar-refractivity contribution in [3.63, 3.8) is 0 Å². The molecule has 0 aliphatic rings. The Hall–Kier alpha value is -2.72. The van der Waals surface area contributed by atoms with Crippen molar-refractivity contribution in [2.45, 2.75) is 31.6 Å². The van der Waals surface area contributed by atoms with Crippen LogP contribution in [0.4, 0.5) is 10.1 Å². The molecule has 162 valence electrons. The van der Waals surface area contributed by atoms with Gasteiger partial charge in [0.15, 0.2) is 11.0 Å². The molecule has 3 aromatic rings. The summed E-state index contributed by atoms with van der Waals surface area (Å²) < 4.78 is 15.8. The predicted molar refractivity (Wildman–Crippen MR) is 121 cm³/mol. The highest BCUT2D eigenvalue weighted by Crippen LogP contribution is 2.21. The molecule has 0 saturated heterocycles. The van der Waals surface area contributed by atoms with Crippen LogP contribution in [0.2, 0.25) is 0 Å². The molecule has 1 aromatic heterocycles. The molecule has 2 N–H and O–H groups in total. The average molecular weight is 506 g/mol. The van der Waals surface area contributed by atoms with Crippen molar-refractivity contribution >= 4 is 45.2 Å². The summed E-state index contributed by atoms with van der Waals surface area (Å²) in [5.41, 5.74) is 1.07. The molecule has 10 heteroatoms. The zero-order valence-electron chi connectivity index (χ0n) is 16.9. The first-order chi connectivity index (χ1) is 14.9. The van der Waals surface area contributed by atoms with Crippen molar-refractivity contribution in [3.05, 3.63) is 70.2 Å². The lowest BCUT2D eigenvalue weighted by Gasteiger charge is -2.15. The second-order valence-electron chi connectivity index (χ2n) is 6.63.